The Balaban J connectivity index is 1.61. The number of alkyl halides is 2. The molecule has 5 rings (SSSR count). The molecule has 0 aliphatic heterocycles. The van der Waals surface area contributed by atoms with Gasteiger partial charge in [0.1, 0.15) is 11.2 Å². The summed E-state index contributed by atoms with van der Waals surface area (Å²) < 4.78 is 101. The molecule has 0 saturated heterocycles. The van der Waals surface area contributed by atoms with E-state index in [1.54, 1.807) is 6.07 Å². The highest BCUT2D eigenvalue weighted by Crippen LogP contribution is 2.33. The zero-order valence-corrected chi connectivity index (χ0v) is 21.0. The summed E-state index contributed by atoms with van der Waals surface area (Å²) >= 11 is 0. The van der Waals surface area contributed by atoms with E-state index in [0.717, 1.165) is 16.4 Å². The number of carbonyl (C=O) groups excluding carboxylic acids is 1. The van der Waals surface area contributed by atoms with Crippen LogP contribution in [-0.2, 0) is 10.0 Å². The van der Waals surface area contributed by atoms with Crippen molar-refractivity contribution < 1.29 is 30.2 Å². The lowest BCUT2D eigenvalue weighted by Crippen LogP contribution is -2.42. The minimum Gasteiger partial charge on any atom is -0.333 e. The van der Waals surface area contributed by atoms with E-state index in [0.29, 0.717) is 4.68 Å². The van der Waals surface area contributed by atoms with Crippen molar-refractivity contribution in [1.29, 1.82) is 5.26 Å². The second kappa shape index (κ2) is 9.97. The fraction of sp³-hybridized carbons (Fsp3) is 0.148. The van der Waals surface area contributed by atoms with Crippen LogP contribution in [0, 0.1) is 11.3 Å². The number of nitrogens with one attached hydrogen (secondary N) is 1. The van der Waals surface area contributed by atoms with Crippen LogP contribution in [0.25, 0.3) is 33.5 Å². The van der Waals surface area contributed by atoms with Gasteiger partial charge in [-0.05, 0) is 50.1 Å². The SMILES string of the molecule is [2H]C([2H])([2H])C(C#N)(NC(=O)c1cccc(-c2cnc3c(c2)cc(-c2cnn(C(F)F)c2)n3S(=O)(=O)c2ccccc2)n1)C([2H])([2H])[2H]. The molecule has 13 heteroatoms. The van der Waals surface area contributed by atoms with Gasteiger partial charge in [0.05, 0.1) is 28.5 Å². The van der Waals surface area contributed by atoms with Gasteiger partial charge in [-0.3, -0.25) is 4.79 Å². The zero-order valence-electron chi connectivity index (χ0n) is 26.2. The maximum Gasteiger partial charge on any atom is 0.333 e. The Labute approximate surface area is 236 Å². The number of carbonyl (C=O) groups is 1. The Hall–Kier alpha value is -4.96. The summed E-state index contributed by atoms with van der Waals surface area (Å²) in [6.45, 7) is -9.83. The fourth-order valence-corrected chi connectivity index (χ4v) is 5.42. The monoisotopic (exact) mass is 567 g/mol. The third-order valence-electron chi connectivity index (χ3n) is 5.72. The Morgan fingerprint density at radius 2 is 1.88 bits per heavy atom. The van der Waals surface area contributed by atoms with Crippen molar-refractivity contribution in [2.45, 2.75) is 30.7 Å². The Kier molecular flexibility index (Phi) is 4.99. The van der Waals surface area contributed by atoms with Crippen LogP contribution in [0.15, 0.2) is 84.1 Å². The van der Waals surface area contributed by atoms with Crippen LogP contribution in [0.5, 0.6) is 0 Å². The molecule has 10 nitrogen and oxygen atoms in total. The van der Waals surface area contributed by atoms with Crippen LogP contribution < -0.4 is 5.32 Å². The summed E-state index contributed by atoms with van der Waals surface area (Å²) in [5, 5.41) is 15.2. The Morgan fingerprint density at radius 3 is 2.55 bits per heavy atom. The topological polar surface area (TPSA) is 136 Å². The summed E-state index contributed by atoms with van der Waals surface area (Å²) in [4.78, 5) is 21.5. The number of benzene rings is 1. The molecule has 0 radical (unpaired) electrons. The molecular weight excluding hydrogens is 540 g/mol. The summed E-state index contributed by atoms with van der Waals surface area (Å²) in [6.07, 6.45) is 3.32. The first-order valence-electron chi connectivity index (χ1n) is 14.4. The van der Waals surface area contributed by atoms with Gasteiger partial charge in [0.2, 0.25) is 0 Å². The van der Waals surface area contributed by atoms with E-state index in [1.807, 2.05) is 5.32 Å². The molecule has 0 saturated carbocycles. The Bertz CT molecular complexity index is 2090. The predicted molar refractivity (Wildman–Crippen MR) is 142 cm³/mol. The van der Waals surface area contributed by atoms with Gasteiger partial charge in [-0.25, -0.2) is 27.0 Å². The van der Waals surface area contributed by atoms with E-state index in [9.17, 15) is 27.3 Å². The number of aromatic nitrogens is 5. The molecular formula is C27H21F2N7O3S. The van der Waals surface area contributed by atoms with E-state index >= 15 is 0 Å². The predicted octanol–water partition coefficient (Wildman–Crippen LogP) is 4.63. The van der Waals surface area contributed by atoms with Crippen molar-refractivity contribution in [3.8, 4) is 28.6 Å². The number of hydrogen-bond acceptors (Lipinski definition) is 7. The fourth-order valence-electron chi connectivity index (χ4n) is 3.91. The number of nitriles is 1. The highest BCUT2D eigenvalue weighted by molar-refractivity contribution is 7.90. The molecule has 4 heterocycles. The molecule has 5 aromatic rings. The first-order valence-corrected chi connectivity index (χ1v) is 12.8. The van der Waals surface area contributed by atoms with E-state index in [-0.39, 0.29) is 38.4 Å². The van der Waals surface area contributed by atoms with Gasteiger partial charge >= 0.3 is 6.55 Å². The molecule has 0 aliphatic carbocycles. The molecule has 0 atom stereocenters. The molecule has 0 bridgehead atoms. The first-order chi connectivity index (χ1) is 21.5. The van der Waals surface area contributed by atoms with E-state index in [2.05, 4.69) is 15.1 Å². The molecule has 40 heavy (non-hydrogen) atoms. The zero-order chi connectivity index (χ0) is 33.7. The molecule has 0 unspecified atom stereocenters. The number of pyridine rings is 2. The lowest BCUT2D eigenvalue weighted by Gasteiger charge is -2.17. The number of hydrogen-bond donors (Lipinski definition) is 1. The minimum absolute atomic E-state index is 0.0151. The van der Waals surface area contributed by atoms with Crippen molar-refractivity contribution in [2.24, 2.45) is 0 Å². The number of rotatable bonds is 7. The number of amides is 1. The van der Waals surface area contributed by atoms with E-state index in [4.69, 9.17) is 8.22 Å². The number of fused-ring (bicyclic) bond motifs is 1. The Morgan fingerprint density at radius 1 is 1.10 bits per heavy atom. The molecule has 1 N–H and O–H groups in total. The quantitative estimate of drug-likeness (QED) is 0.303. The second-order valence-electron chi connectivity index (χ2n) is 8.46. The van der Waals surface area contributed by atoms with Crippen LogP contribution in [-0.4, -0.2) is 43.6 Å². The van der Waals surface area contributed by atoms with Gasteiger partial charge in [0, 0.05) is 37.1 Å². The van der Waals surface area contributed by atoms with Crippen LogP contribution in [0.2, 0.25) is 0 Å². The molecule has 1 amide bonds. The molecule has 0 fully saturated rings. The van der Waals surface area contributed by atoms with Crippen LogP contribution in [0.4, 0.5) is 8.78 Å². The molecule has 0 spiro atoms. The van der Waals surface area contributed by atoms with E-state index < -0.39 is 47.4 Å². The average molecular weight is 568 g/mol. The van der Waals surface area contributed by atoms with Crippen LogP contribution in [0.1, 0.15) is 39.0 Å². The van der Waals surface area contributed by atoms with Crippen molar-refractivity contribution in [3.05, 3.63) is 84.9 Å². The van der Waals surface area contributed by atoms with Crippen molar-refractivity contribution >= 4 is 27.0 Å². The molecule has 1 aromatic carbocycles. The van der Waals surface area contributed by atoms with Crippen molar-refractivity contribution in [3.63, 3.8) is 0 Å². The minimum atomic E-state index is -4.31. The van der Waals surface area contributed by atoms with Gasteiger partial charge in [-0.1, -0.05) is 24.3 Å². The average Bonchev–Trinajstić information content (AvgIpc) is 3.64. The maximum atomic E-state index is 13.8. The number of halogens is 2. The summed E-state index contributed by atoms with van der Waals surface area (Å²) in [5.74, 6) is -1.25. The second-order valence-corrected chi connectivity index (χ2v) is 10.2. The van der Waals surface area contributed by atoms with Crippen LogP contribution >= 0.6 is 0 Å². The van der Waals surface area contributed by atoms with Gasteiger partial charge in [0.15, 0.2) is 5.65 Å². The molecule has 4 aromatic heterocycles. The van der Waals surface area contributed by atoms with Crippen LogP contribution in [0.3, 0.4) is 0 Å². The lowest BCUT2D eigenvalue weighted by molar-refractivity contribution is 0.0566. The van der Waals surface area contributed by atoms with Gasteiger partial charge in [-0.2, -0.15) is 19.1 Å². The van der Waals surface area contributed by atoms with Crippen molar-refractivity contribution in [2.75, 3.05) is 0 Å². The largest absolute Gasteiger partial charge is 0.333 e. The summed E-state index contributed by atoms with van der Waals surface area (Å²) in [5.41, 5.74) is -3.32. The van der Waals surface area contributed by atoms with Crippen molar-refractivity contribution in [1.82, 2.24) is 29.0 Å². The first kappa shape index (κ1) is 20.0. The van der Waals surface area contributed by atoms with Gasteiger partial charge < -0.3 is 5.32 Å². The summed E-state index contributed by atoms with van der Waals surface area (Å²) in [6, 6.07) is 15.5. The maximum absolute atomic E-state index is 13.8. The third-order valence-corrected chi connectivity index (χ3v) is 7.44. The smallest absolute Gasteiger partial charge is 0.333 e. The van der Waals surface area contributed by atoms with Gasteiger partial charge in [-0.15, -0.1) is 0 Å². The standard InChI is InChI=1S/C27H21F2N7O3S/c1-27(2,16-30)34-25(37)22-10-6-9-21(33-22)18-11-17-12-23(19-14-32-35(15-19)26(28)29)36(24(17)31-13-18)40(38,39)20-7-4-3-5-8-20/h3-15,26H,1-2H3,(H,34,37)/i1D3,2D3. The normalized spacial score (nSPS) is 14.8. The lowest BCUT2D eigenvalue weighted by atomic mass is 10.1. The molecule has 0 aliphatic rings. The highest BCUT2D eigenvalue weighted by atomic mass is 32.2. The highest BCUT2D eigenvalue weighted by Gasteiger charge is 2.26. The van der Waals surface area contributed by atoms with Gasteiger partial charge in [0.25, 0.3) is 15.9 Å². The third kappa shape index (κ3) is 4.92. The molecule has 202 valence electrons. The number of nitrogens with zero attached hydrogens (tertiary/aromatic N) is 6. The summed E-state index contributed by atoms with van der Waals surface area (Å²) in [7, 11) is -4.31. The van der Waals surface area contributed by atoms with E-state index in [1.165, 1.54) is 66.9 Å².